The van der Waals surface area contributed by atoms with Crippen LogP contribution in [0.3, 0.4) is 0 Å². The molecule has 32 heavy (non-hydrogen) atoms. The number of rotatable bonds is 9. The molecule has 8 heteroatoms. The van der Waals surface area contributed by atoms with Gasteiger partial charge in [-0.1, -0.05) is 18.2 Å². The summed E-state index contributed by atoms with van der Waals surface area (Å²) in [5.41, 5.74) is 1.53. The van der Waals surface area contributed by atoms with Gasteiger partial charge in [0.25, 0.3) is 5.91 Å². The van der Waals surface area contributed by atoms with Crippen molar-refractivity contribution in [3.8, 4) is 11.8 Å². The summed E-state index contributed by atoms with van der Waals surface area (Å²) in [5.74, 6) is -0.0895. The van der Waals surface area contributed by atoms with Gasteiger partial charge in [0.15, 0.2) is 0 Å². The molecule has 0 N–H and O–H groups in total. The molecular weight excluding hydrogens is 408 g/mol. The SMILES string of the molecule is CCOC(=O)C1=NN(c2ccccc2)C(C(=O)N(CCC#N)c2ccc(OCC)cc2)C1. The van der Waals surface area contributed by atoms with Crippen LogP contribution in [0.25, 0.3) is 0 Å². The summed E-state index contributed by atoms with van der Waals surface area (Å²) in [4.78, 5) is 27.6. The molecule has 1 aliphatic rings. The minimum absolute atomic E-state index is 0.118. The first-order chi connectivity index (χ1) is 15.6. The van der Waals surface area contributed by atoms with Crippen LogP contribution in [0.15, 0.2) is 59.7 Å². The Bertz CT molecular complexity index is 999. The molecule has 166 valence electrons. The van der Waals surface area contributed by atoms with E-state index in [0.717, 1.165) is 0 Å². The Hall–Kier alpha value is -3.86. The molecule has 0 fully saturated rings. The summed E-state index contributed by atoms with van der Waals surface area (Å²) in [6, 6.07) is 17.7. The smallest absolute Gasteiger partial charge is 0.354 e. The number of carbonyl (C=O) groups is 2. The van der Waals surface area contributed by atoms with Crippen LogP contribution in [0.1, 0.15) is 26.7 Å². The fourth-order valence-electron chi connectivity index (χ4n) is 3.46. The lowest BCUT2D eigenvalue weighted by molar-refractivity contribution is -0.135. The van der Waals surface area contributed by atoms with E-state index in [1.165, 1.54) is 0 Å². The van der Waals surface area contributed by atoms with Crippen LogP contribution in [-0.4, -0.2) is 43.4 Å². The lowest BCUT2D eigenvalue weighted by atomic mass is 10.1. The molecular formula is C24H26N4O4. The molecule has 0 aliphatic carbocycles. The number of benzene rings is 2. The normalized spacial score (nSPS) is 15.0. The summed E-state index contributed by atoms with van der Waals surface area (Å²) in [6.45, 7) is 4.61. The van der Waals surface area contributed by atoms with E-state index >= 15 is 0 Å². The number of para-hydroxylation sites is 1. The van der Waals surface area contributed by atoms with E-state index < -0.39 is 12.0 Å². The predicted molar refractivity (Wildman–Crippen MR) is 122 cm³/mol. The zero-order valence-corrected chi connectivity index (χ0v) is 18.2. The highest BCUT2D eigenvalue weighted by molar-refractivity contribution is 6.38. The van der Waals surface area contributed by atoms with E-state index in [4.69, 9.17) is 14.7 Å². The van der Waals surface area contributed by atoms with E-state index in [1.807, 2.05) is 37.3 Å². The van der Waals surface area contributed by atoms with Gasteiger partial charge in [-0.25, -0.2) is 4.79 Å². The number of amides is 1. The molecule has 0 radical (unpaired) electrons. The minimum atomic E-state index is -0.734. The second kappa shape index (κ2) is 11.0. The third-order valence-corrected chi connectivity index (χ3v) is 4.90. The number of carbonyl (C=O) groups excluding carboxylic acids is 2. The molecule has 0 spiro atoms. The maximum absolute atomic E-state index is 13.7. The van der Waals surface area contributed by atoms with Crippen molar-refractivity contribution in [3.05, 3.63) is 54.6 Å². The highest BCUT2D eigenvalue weighted by atomic mass is 16.5. The fraction of sp³-hybridized carbons (Fsp3) is 0.333. The minimum Gasteiger partial charge on any atom is -0.494 e. The Morgan fingerprint density at radius 1 is 1.12 bits per heavy atom. The van der Waals surface area contributed by atoms with Crippen LogP contribution in [0.4, 0.5) is 11.4 Å². The predicted octanol–water partition coefficient (Wildman–Crippen LogP) is 3.53. The molecule has 8 nitrogen and oxygen atoms in total. The van der Waals surface area contributed by atoms with Crippen LogP contribution in [0, 0.1) is 11.3 Å². The number of nitrogens with zero attached hydrogens (tertiary/aromatic N) is 4. The molecule has 1 atom stereocenters. The van der Waals surface area contributed by atoms with Crippen LogP contribution < -0.4 is 14.6 Å². The Morgan fingerprint density at radius 3 is 2.47 bits per heavy atom. The summed E-state index contributed by atoms with van der Waals surface area (Å²) in [6.07, 6.45) is 0.287. The number of hydrogen-bond donors (Lipinski definition) is 0. The third-order valence-electron chi connectivity index (χ3n) is 4.90. The van der Waals surface area contributed by atoms with E-state index in [0.29, 0.717) is 23.7 Å². The van der Waals surface area contributed by atoms with Crippen molar-refractivity contribution in [2.45, 2.75) is 32.7 Å². The van der Waals surface area contributed by atoms with Gasteiger partial charge in [0.1, 0.15) is 17.5 Å². The summed E-state index contributed by atoms with van der Waals surface area (Å²) >= 11 is 0. The summed E-state index contributed by atoms with van der Waals surface area (Å²) in [7, 11) is 0. The van der Waals surface area contributed by atoms with Gasteiger partial charge < -0.3 is 14.4 Å². The van der Waals surface area contributed by atoms with Crippen LogP contribution in [-0.2, 0) is 14.3 Å². The maximum Gasteiger partial charge on any atom is 0.354 e. The maximum atomic E-state index is 13.7. The van der Waals surface area contributed by atoms with E-state index in [2.05, 4.69) is 11.2 Å². The standard InChI is InChI=1S/C24H26N4O4/c1-3-31-20-13-11-18(12-14-20)27(16-8-15-25)23(29)22-17-21(24(30)32-4-2)26-28(22)19-9-6-5-7-10-19/h5-7,9-14,22H,3-4,8,16-17H2,1-2H3. The second-order valence-corrected chi connectivity index (χ2v) is 6.99. The van der Waals surface area contributed by atoms with Gasteiger partial charge in [-0.3, -0.25) is 9.80 Å². The molecule has 2 aromatic rings. The Labute approximate surface area is 187 Å². The largest absolute Gasteiger partial charge is 0.494 e. The first-order valence-electron chi connectivity index (χ1n) is 10.6. The third kappa shape index (κ3) is 5.24. The molecule has 0 bridgehead atoms. The number of ether oxygens (including phenoxy) is 2. The van der Waals surface area contributed by atoms with Crippen LogP contribution in [0.2, 0.25) is 0 Å². The van der Waals surface area contributed by atoms with Gasteiger partial charge in [-0.15, -0.1) is 0 Å². The average molecular weight is 434 g/mol. The van der Waals surface area contributed by atoms with Crippen molar-refractivity contribution >= 4 is 29.0 Å². The van der Waals surface area contributed by atoms with Crippen molar-refractivity contribution in [1.29, 1.82) is 5.26 Å². The van der Waals surface area contributed by atoms with Crippen molar-refractivity contribution < 1.29 is 19.1 Å². The highest BCUT2D eigenvalue weighted by Gasteiger charge is 2.39. The number of anilines is 2. The van der Waals surface area contributed by atoms with Gasteiger partial charge in [0.05, 0.1) is 31.4 Å². The Morgan fingerprint density at radius 2 is 1.84 bits per heavy atom. The molecule has 0 saturated heterocycles. The zero-order chi connectivity index (χ0) is 22.9. The van der Waals surface area contributed by atoms with Crippen molar-refractivity contribution in [2.75, 3.05) is 29.7 Å². The molecule has 1 unspecified atom stereocenters. The average Bonchev–Trinajstić information content (AvgIpc) is 3.27. The molecule has 1 amide bonds. The van der Waals surface area contributed by atoms with Gasteiger partial charge in [-0.05, 0) is 50.2 Å². The van der Waals surface area contributed by atoms with Gasteiger partial charge in [0, 0.05) is 18.7 Å². The molecule has 1 aliphatic heterocycles. The zero-order valence-electron chi connectivity index (χ0n) is 18.2. The number of esters is 1. The van der Waals surface area contributed by atoms with Gasteiger partial charge in [-0.2, -0.15) is 10.4 Å². The summed E-state index contributed by atoms with van der Waals surface area (Å²) < 4.78 is 10.6. The first kappa shape index (κ1) is 22.8. The van der Waals surface area contributed by atoms with Gasteiger partial charge in [0.2, 0.25) is 0 Å². The lowest BCUT2D eigenvalue weighted by Gasteiger charge is -2.29. The van der Waals surface area contributed by atoms with Crippen LogP contribution >= 0.6 is 0 Å². The molecule has 0 saturated carbocycles. The molecule has 1 heterocycles. The fourth-order valence-corrected chi connectivity index (χ4v) is 3.46. The number of hydrazone groups is 1. The number of nitriles is 1. The molecule has 3 rings (SSSR count). The van der Waals surface area contributed by atoms with Crippen molar-refractivity contribution in [2.24, 2.45) is 5.10 Å². The summed E-state index contributed by atoms with van der Waals surface area (Å²) in [5, 5.41) is 15.1. The number of hydrogen-bond acceptors (Lipinski definition) is 7. The highest BCUT2D eigenvalue weighted by Crippen LogP contribution is 2.28. The van der Waals surface area contributed by atoms with Crippen molar-refractivity contribution in [1.82, 2.24) is 0 Å². The van der Waals surface area contributed by atoms with Gasteiger partial charge >= 0.3 is 5.97 Å². The lowest BCUT2D eigenvalue weighted by Crippen LogP contribution is -2.46. The topological polar surface area (TPSA) is 95.2 Å². The Kier molecular flexibility index (Phi) is 7.81. The van der Waals surface area contributed by atoms with E-state index in [1.54, 1.807) is 41.1 Å². The monoisotopic (exact) mass is 434 g/mol. The molecule has 0 aromatic heterocycles. The van der Waals surface area contributed by atoms with E-state index in [-0.39, 0.29) is 37.6 Å². The second-order valence-electron chi connectivity index (χ2n) is 6.99. The van der Waals surface area contributed by atoms with Crippen LogP contribution in [0.5, 0.6) is 5.75 Å². The first-order valence-corrected chi connectivity index (χ1v) is 10.6. The van der Waals surface area contributed by atoms with E-state index in [9.17, 15) is 9.59 Å². The molecule has 2 aromatic carbocycles. The quantitative estimate of drug-likeness (QED) is 0.561. The Balaban J connectivity index is 1.92. The van der Waals surface area contributed by atoms with Crippen molar-refractivity contribution in [3.63, 3.8) is 0 Å².